The van der Waals surface area contributed by atoms with E-state index in [1.807, 2.05) is 34.6 Å². The number of pyridine rings is 1. The van der Waals surface area contributed by atoms with Gasteiger partial charge in [0, 0.05) is 32.4 Å². The Balaban J connectivity index is 1.39. The summed E-state index contributed by atoms with van der Waals surface area (Å²) >= 11 is 0. The van der Waals surface area contributed by atoms with Gasteiger partial charge in [0.05, 0.1) is 11.7 Å². The Kier molecular flexibility index (Phi) is 5.97. The van der Waals surface area contributed by atoms with Gasteiger partial charge in [-0.05, 0) is 36.1 Å². The highest BCUT2D eigenvalue weighted by atomic mass is 16.2. The fourth-order valence-electron chi connectivity index (χ4n) is 4.94. The van der Waals surface area contributed by atoms with E-state index >= 15 is 0 Å². The van der Waals surface area contributed by atoms with Gasteiger partial charge in [-0.2, -0.15) is 0 Å². The molecule has 0 radical (unpaired) electrons. The molecule has 0 spiro atoms. The van der Waals surface area contributed by atoms with Gasteiger partial charge in [-0.25, -0.2) is 4.98 Å². The zero-order valence-electron chi connectivity index (χ0n) is 19.3. The van der Waals surface area contributed by atoms with Crippen LogP contribution in [0.1, 0.15) is 45.8 Å². The third kappa shape index (κ3) is 4.05. The van der Waals surface area contributed by atoms with E-state index in [0.29, 0.717) is 18.8 Å². The maximum atomic E-state index is 13.6. The number of imidazole rings is 1. The molecule has 33 heavy (non-hydrogen) atoms. The SMILES string of the molecule is CCc1nc2c(C)cccn2c1C(=O)N1CCN(C(c2ccccc2)c2ccccc2)CC1. The largest absolute Gasteiger partial charge is 0.335 e. The van der Waals surface area contributed by atoms with Gasteiger partial charge < -0.3 is 4.90 Å². The monoisotopic (exact) mass is 438 g/mol. The first kappa shape index (κ1) is 21.4. The molecular weight excluding hydrogens is 408 g/mol. The van der Waals surface area contributed by atoms with Crippen molar-refractivity contribution in [3.63, 3.8) is 0 Å². The normalized spacial score (nSPS) is 14.8. The van der Waals surface area contributed by atoms with E-state index in [1.54, 1.807) is 0 Å². The van der Waals surface area contributed by atoms with Gasteiger partial charge in [-0.3, -0.25) is 14.1 Å². The van der Waals surface area contributed by atoms with E-state index in [0.717, 1.165) is 36.4 Å². The van der Waals surface area contributed by atoms with Crippen LogP contribution in [0.3, 0.4) is 0 Å². The molecule has 1 saturated heterocycles. The molecule has 4 aromatic rings. The molecule has 5 heteroatoms. The fourth-order valence-corrected chi connectivity index (χ4v) is 4.94. The Bertz CT molecular complexity index is 1200. The minimum absolute atomic E-state index is 0.0839. The summed E-state index contributed by atoms with van der Waals surface area (Å²) in [5, 5.41) is 0. The third-order valence-corrected chi connectivity index (χ3v) is 6.65. The van der Waals surface area contributed by atoms with Crippen molar-refractivity contribution >= 4 is 11.6 Å². The molecule has 1 amide bonds. The van der Waals surface area contributed by atoms with Gasteiger partial charge in [0.15, 0.2) is 0 Å². The fraction of sp³-hybridized carbons (Fsp3) is 0.286. The summed E-state index contributed by atoms with van der Waals surface area (Å²) in [7, 11) is 0. The van der Waals surface area contributed by atoms with Crippen molar-refractivity contribution in [2.45, 2.75) is 26.3 Å². The number of carbonyl (C=O) groups is 1. The van der Waals surface area contributed by atoms with Crippen LogP contribution in [0.25, 0.3) is 5.65 Å². The van der Waals surface area contributed by atoms with E-state index in [1.165, 1.54) is 11.1 Å². The highest BCUT2D eigenvalue weighted by Gasteiger charge is 2.30. The first-order valence-electron chi connectivity index (χ1n) is 11.8. The lowest BCUT2D eigenvalue weighted by Gasteiger charge is -2.39. The molecule has 1 fully saturated rings. The predicted octanol–water partition coefficient (Wildman–Crippen LogP) is 4.75. The first-order chi connectivity index (χ1) is 16.2. The van der Waals surface area contributed by atoms with Crippen LogP contribution in [-0.4, -0.2) is 51.3 Å². The molecule has 0 atom stereocenters. The van der Waals surface area contributed by atoms with Crippen LogP contribution in [0.2, 0.25) is 0 Å². The van der Waals surface area contributed by atoms with Crippen LogP contribution < -0.4 is 0 Å². The van der Waals surface area contributed by atoms with Crippen LogP contribution in [0.5, 0.6) is 0 Å². The number of benzene rings is 2. The smallest absolute Gasteiger partial charge is 0.272 e. The standard InChI is InChI=1S/C28H30N4O/c1-3-24-26(32-16-10-11-21(2)27(32)29-24)28(33)31-19-17-30(18-20-31)25(22-12-6-4-7-13-22)23-14-8-5-9-15-23/h4-16,25H,3,17-20H2,1-2H3. The van der Waals surface area contributed by atoms with Gasteiger partial charge in [-0.1, -0.05) is 73.7 Å². The summed E-state index contributed by atoms with van der Waals surface area (Å²) in [5.74, 6) is 0.0839. The quantitative estimate of drug-likeness (QED) is 0.451. The summed E-state index contributed by atoms with van der Waals surface area (Å²) in [4.78, 5) is 22.9. The second-order valence-corrected chi connectivity index (χ2v) is 8.70. The first-order valence-corrected chi connectivity index (χ1v) is 11.8. The van der Waals surface area contributed by atoms with Crippen molar-refractivity contribution in [3.8, 4) is 0 Å². The molecule has 5 rings (SSSR count). The van der Waals surface area contributed by atoms with Crippen LogP contribution in [0, 0.1) is 6.92 Å². The number of aromatic nitrogens is 2. The van der Waals surface area contributed by atoms with Gasteiger partial charge >= 0.3 is 0 Å². The number of aryl methyl sites for hydroxylation is 2. The molecular formula is C28H30N4O. The zero-order valence-corrected chi connectivity index (χ0v) is 19.3. The summed E-state index contributed by atoms with van der Waals surface area (Å²) < 4.78 is 1.97. The van der Waals surface area contributed by atoms with E-state index in [2.05, 4.69) is 72.5 Å². The molecule has 0 bridgehead atoms. The van der Waals surface area contributed by atoms with Crippen LogP contribution in [0.15, 0.2) is 79.0 Å². The average molecular weight is 439 g/mol. The van der Waals surface area contributed by atoms with Gasteiger partial charge in [0.25, 0.3) is 5.91 Å². The summed E-state index contributed by atoms with van der Waals surface area (Å²) in [6.07, 6.45) is 2.70. The van der Waals surface area contributed by atoms with E-state index < -0.39 is 0 Å². The van der Waals surface area contributed by atoms with Crippen molar-refractivity contribution in [2.75, 3.05) is 26.2 Å². The Morgan fingerprint density at radius 3 is 2.06 bits per heavy atom. The summed E-state index contributed by atoms with van der Waals surface area (Å²) in [6.45, 7) is 7.18. The number of fused-ring (bicyclic) bond motifs is 1. The second-order valence-electron chi connectivity index (χ2n) is 8.70. The molecule has 2 aromatic carbocycles. The van der Waals surface area contributed by atoms with Crippen molar-refractivity contribution in [2.24, 2.45) is 0 Å². The molecule has 168 valence electrons. The Morgan fingerprint density at radius 1 is 0.879 bits per heavy atom. The zero-order chi connectivity index (χ0) is 22.8. The Labute approximate surface area is 195 Å². The van der Waals surface area contributed by atoms with Crippen LogP contribution >= 0.6 is 0 Å². The van der Waals surface area contributed by atoms with Crippen LogP contribution in [-0.2, 0) is 6.42 Å². The molecule has 0 saturated carbocycles. The number of rotatable bonds is 5. The number of nitrogens with zero attached hydrogens (tertiary/aromatic N) is 4. The lowest BCUT2D eigenvalue weighted by Crippen LogP contribution is -2.50. The maximum absolute atomic E-state index is 13.6. The number of piperazine rings is 1. The number of amides is 1. The molecule has 3 heterocycles. The number of hydrogen-bond donors (Lipinski definition) is 0. The molecule has 0 N–H and O–H groups in total. The van der Waals surface area contributed by atoms with E-state index in [-0.39, 0.29) is 11.9 Å². The second kappa shape index (κ2) is 9.20. The van der Waals surface area contributed by atoms with Crippen molar-refractivity contribution < 1.29 is 4.79 Å². The molecule has 0 unspecified atom stereocenters. The van der Waals surface area contributed by atoms with Crippen LogP contribution in [0.4, 0.5) is 0 Å². The highest BCUT2D eigenvalue weighted by Crippen LogP contribution is 2.30. The Morgan fingerprint density at radius 2 is 1.48 bits per heavy atom. The van der Waals surface area contributed by atoms with Crippen molar-refractivity contribution in [3.05, 3.63) is 107 Å². The highest BCUT2D eigenvalue weighted by molar-refractivity contribution is 5.95. The van der Waals surface area contributed by atoms with E-state index in [4.69, 9.17) is 4.98 Å². The lowest BCUT2D eigenvalue weighted by molar-refractivity contribution is 0.0589. The average Bonchev–Trinajstić information content (AvgIpc) is 3.26. The number of carbonyl (C=O) groups excluding carboxylic acids is 1. The molecule has 2 aromatic heterocycles. The minimum atomic E-state index is 0.0839. The minimum Gasteiger partial charge on any atom is -0.335 e. The molecule has 1 aliphatic heterocycles. The Hall–Kier alpha value is -3.44. The third-order valence-electron chi connectivity index (χ3n) is 6.65. The number of hydrogen-bond acceptors (Lipinski definition) is 3. The molecule has 0 aliphatic carbocycles. The maximum Gasteiger partial charge on any atom is 0.272 e. The molecule has 1 aliphatic rings. The predicted molar refractivity (Wildman–Crippen MR) is 132 cm³/mol. The van der Waals surface area contributed by atoms with Crippen molar-refractivity contribution in [1.82, 2.24) is 19.2 Å². The topological polar surface area (TPSA) is 40.9 Å². The summed E-state index contributed by atoms with van der Waals surface area (Å²) in [6, 6.07) is 25.5. The van der Waals surface area contributed by atoms with Gasteiger partial charge in [-0.15, -0.1) is 0 Å². The van der Waals surface area contributed by atoms with Gasteiger partial charge in [0.2, 0.25) is 0 Å². The van der Waals surface area contributed by atoms with Gasteiger partial charge in [0.1, 0.15) is 11.3 Å². The van der Waals surface area contributed by atoms with E-state index in [9.17, 15) is 4.79 Å². The summed E-state index contributed by atoms with van der Waals surface area (Å²) in [5.41, 5.74) is 6.13. The molecule has 5 nitrogen and oxygen atoms in total. The lowest BCUT2D eigenvalue weighted by atomic mass is 9.96. The van der Waals surface area contributed by atoms with Crippen molar-refractivity contribution in [1.29, 1.82) is 0 Å².